The van der Waals surface area contributed by atoms with Crippen molar-refractivity contribution in [2.24, 2.45) is 0 Å². The Morgan fingerprint density at radius 2 is 1.94 bits per heavy atom. The number of aromatic hydroxyl groups is 2. The number of nitrogens with zero attached hydrogens (tertiary/aromatic N) is 3. The molecule has 0 radical (unpaired) electrons. The molecule has 2 heterocycles. The smallest absolute Gasteiger partial charge is 0.219 e. The van der Waals surface area contributed by atoms with Crippen LogP contribution in [0.25, 0.3) is 16.9 Å². The van der Waals surface area contributed by atoms with Crippen molar-refractivity contribution >= 4 is 5.65 Å². The molecular weight excluding hydrogens is 230 g/mol. The van der Waals surface area contributed by atoms with E-state index in [0.717, 1.165) is 0 Å². The molecule has 5 nitrogen and oxygen atoms in total. The molecule has 0 bridgehead atoms. The van der Waals surface area contributed by atoms with Crippen LogP contribution in [0.1, 0.15) is 5.69 Å². The van der Waals surface area contributed by atoms with E-state index in [2.05, 4.69) is 9.97 Å². The topological polar surface area (TPSA) is 70.7 Å². The van der Waals surface area contributed by atoms with Crippen molar-refractivity contribution in [3.63, 3.8) is 0 Å². The molecule has 18 heavy (non-hydrogen) atoms. The zero-order valence-electron chi connectivity index (χ0n) is 9.70. The summed E-state index contributed by atoms with van der Waals surface area (Å²) >= 11 is 0. The predicted molar refractivity (Wildman–Crippen MR) is 66.5 cm³/mol. The minimum atomic E-state index is 0.0871. The Bertz CT molecular complexity index is 734. The number of aryl methyl sites for hydroxylation is 1. The van der Waals surface area contributed by atoms with E-state index in [1.807, 2.05) is 6.07 Å². The summed E-state index contributed by atoms with van der Waals surface area (Å²) in [7, 11) is 0. The van der Waals surface area contributed by atoms with Gasteiger partial charge in [0.1, 0.15) is 11.4 Å². The van der Waals surface area contributed by atoms with Gasteiger partial charge in [-0.2, -0.15) is 0 Å². The molecule has 0 saturated carbocycles. The van der Waals surface area contributed by atoms with Gasteiger partial charge in [-0.3, -0.25) is 9.38 Å². The highest BCUT2D eigenvalue weighted by molar-refractivity contribution is 5.67. The molecule has 3 aromatic rings. The highest BCUT2D eigenvalue weighted by Crippen LogP contribution is 2.28. The Morgan fingerprint density at radius 3 is 2.72 bits per heavy atom. The van der Waals surface area contributed by atoms with Crippen LogP contribution in [0.2, 0.25) is 0 Å². The van der Waals surface area contributed by atoms with Gasteiger partial charge >= 0.3 is 0 Å². The molecule has 0 atom stereocenters. The van der Waals surface area contributed by atoms with Crippen LogP contribution in [0.15, 0.2) is 36.7 Å². The lowest BCUT2D eigenvalue weighted by atomic mass is 10.1. The molecule has 0 aliphatic carbocycles. The third-order valence-corrected chi connectivity index (χ3v) is 2.83. The largest absolute Gasteiger partial charge is 0.507 e. The second-order valence-electron chi connectivity index (χ2n) is 4.04. The normalized spacial score (nSPS) is 10.9. The first-order valence-corrected chi connectivity index (χ1v) is 5.49. The van der Waals surface area contributed by atoms with E-state index in [-0.39, 0.29) is 11.6 Å². The number of aromatic nitrogens is 3. The molecule has 3 rings (SSSR count). The van der Waals surface area contributed by atoms with Crippen molar-refractivity contribution in [2.75, 3.05) is 0 Å². The van der Waals surface area contributed by atoms with Crippen LogP contribution in [-0.2, 0) is 0 Å². The monoisotopic (exact) mass is 241 g/mol. The summed E-state index contributed by atoms with van der Waals surface area (Å²) in [6, 6.07) is 6.93. The zero-order chi connectivity index (χ0) is 12.7. The number of hydrogen-bond donors (Lipinski definition) is 2. The Hall–Kier alpha value is -2.56. The fourth-order valence-corrected chi connectivity index (χ4v) is 1.89. The number of phenolic OH excluding ortho intramolecular Hbond substituents is 1. The first kappa shape index (κ1) is 10.6. The third kappa shape index (κ3) is 1.48. The van der Waals surface area contributed by atoms with E-state index >= 15 is 0 Å². The standard InChI is InChI=1S/C13H11N3O2/c1-8-13(18)16-7-10(14-6-12(16)15-8)9-4-2-3-5-11(9)17/h2-7,17-18H,1H3. The molecule has 0 fully saturated rings. The van der Waals surface area contributed by atoms with E-state index < -0.39 is 0 Å². The molecule has 0 spiro atoms. The van der Waals surface area contributed by atoms with Crippen LogP contribution in [0.3, 0.4) is 0 Å². The Labute approximate surface area is 103 Å². The highest BCUT2D eigenvalue weighted by Gasteiger charge is 2.10. The van der Waals surface area contributed by atoms with Crippen LogP contribution in [0.5, 0.6) is 11.6 Å². The van der Waals surface area contributed by atoms with E-state index in [0.29, 0.717) is 22.6 Å². The first-order valence-electron chi connectivity index (χ1n) is 5.49. The van der Waals surface area contributed by atoms with Gasteiger partial charge in [0.2, 0.25) is 5.88 Å². The molecule has 2 aromatic heterocycles. The second-order valence-corrected chi connectivity index (χ2v) is 4.04. The summed E-state index contributed by atoms with van der Waals surface area (Å²) in [5, 5.41) is 19.6. The summed E-state index contributed by atoms with van der Waals surface area (Å²) in [5.74, 6) is 0.241. The average Bonchev–Trinajstić information content (AvgIpc) is 2.66. The fraction of sp³-hybridized carbons (Fsp3) is 0.0769. The number of imidazole rings is 1. The van der Waals surface area contributed by atoms with Crippen molar-refractivity contribution in [3.05, 3.63) is 42.4 Å². The molecule has 0 unspecified atom stereocenters. The van der Waals surface area contributed by atoms with Gasteiger partial charge in [0.25, 0.3) is 0 Å². The number of rotatable bonds is 1. The lowest BCUT2D eigenvalue weighted by Crippen LogP contribution is -1.90. The highest BCUT2D eigenvalue weighted by atomic mass is 16.3. The van der Waals surface area contributed by atoms with E-state index in [1.165, 1.54) is 0 Å². The molecular formula is C13H11N3O2. The van der Waals surface area contributed by atoms with Crippen LogP contribution < -0.4 is 0 Å². The number of phenols is 1. The molecule has 0 amide bonds. The number of benzene rings is 1. The second kappa shape index (κ2) is 3.73. The van der Waals surface area contributed by atoms with Crippen LogP contribution in [0.4, 0.5) is 0 Å². The van der Waals surface area contributed by atoms with Crippen molar-refractivity contribution in [1.82, 2.24) is 14.4 Å². The minimum absolute atomic E-state index is 0.0871. The summed E-state index contributed by atoms with van der Waals surface area (Å²) in [6.07, 6.45) is 3.22. The lowest BCUT2D eigenvalue weighted by molar-refractivity contribution is 0.444. The Kier molecular flexibility index (Phi) is 2.19. The zero-order valence-corrected chi connectivity index (χ0v) is 9.70. The molecule has 5 heteroatoms. The average molecular weight is 241 g/mol. The number of para-hydroxylation sites is 1. The molecule has 2 N–H and O–H groups in total. The van der Waals surface area contributed by atoms with E-state index in [9.17, 15) is 10.2 Å². The van der Waals surface area contributed by atoms with Gasteiger partial charge in [-0.25, -0.2) is 4.98 Å². The summed E-state index contributed by atoms with van der Waals surface area (Å²) in [6.45, 7) is 1.72. The van der Waals surface area contributed by atoms with Crippen LogP contribution in [0, 0.1) is 6.92 Å². The van der Waals surface area contributed by atoms with Gasteiger partial charge < -0.3 is 10.2 Å². The molecule has 0 aliphatic rings. The fourth-order valence-electron chi connectivity index (χ4n) is 1.89. The number of fused-ring (bicyclic) bond motifs is 1. The summed E-state index contributed by atoms with van der Waals surface area (Å²) in [4.78, 5) is 8.40. The van der Waals surface area contributed by atoms with Crippen LogP contribution in [-0.4, -0.2) is 24.6 Å². The molecule has 1 aromatic carbocycles. The maximum atomic E-state index is 9.85. The Morgan fingerprint density at radius 1 is 1.17 bits per heavy atom. The molecule has 90 valence electrons. The van der Waals surface area contributed by atoms with Crippen molar-refractivity contribution in [1.29, 1.82) is 0 Å². The van der Waals surface area contributed by atoms with Gasteiger partial charge in [-0.1, -0.05) is 12.1 Å². The minimum Gasteiger partial charge on any atom is -0.507 e. The SMILES string of the molecule is Cc1nc2cnc(-c3ccccc3O)cn2c1O. The van der Waals surface area contributed by atoms with Crippen LogP contribution >= 0.6 is 0 Å². The summed E-state index contributed by atoms with van der Waals surface area (Å²) < 4.78 is 1.55. The van der Waals surface area contributed by atoms with Crippen molar-refractivity contribution < 1.29 is 10.2 Å². The Balaban J connectivity index is 2.25. The van der Waals surface area contributed by atoms with Gasteiger partial charge in [0.15, 0.2) is 5.65 Å². The van der Waals surface area contributed by atoms with Gasteiger partial charge in [-0.15, -0.1) is 0 Å². The van der Waals surface area contributed by atoms with Crippen molar-refractivity contribution in [2.45, 2.75) is 6.92 Å². The maximum Gasteiger partial charge on any atom is 0.219 e. The third-order valence-electron chi connectivity index (χ3n) is 2.83. The quantitative estimate of drug-likeness (QED) is 0.684. The molecule has 0 saturated heterocycles. The molecule has 0 aliphatic heterocycles. The van der Waals surface area contributed by atoms with E-state index in [4.69, 9.17) is 0 Å². The van der Waals surface area contributed by atoms with Gasteiger partial charge in [-0.05, 0) is 19.1 Å². The maximum absolute atomic E-state index is 9.85. The summed E-state index contributed by atoms with van der Waals surface area (Å²) in [5.41, 5.74) is 2.31. The predicted octanol–water partition coefficient (Wildman–Crippen LogP) is 2.12. The van der Waals surface area contributed by atoms with Crippen molar-refractivity contribution in [3.8, 4) is 22.9 Å². The van der Waals surface area contributed by atoms with Gasteiger partial charge in [0, 0.05) is 11.8 Å². The number of hydrogen-bond acceptors (Lipinski definition) is 4. The van der Waals surface area contributed by atoms with E-state index in [1.54, 1.807) is 41.9 Å². The van der Waals surface area contributed by atoms with Gasteiger partial charge in [0.05, 0.1) is 11.9 Å². The first-order chi connectivity index (χ1) is 8.66. The lowest BCUT2D eigenvalue weighted by Gasteiger charge is -2.04.